The van der Waals surface area contributed by atoms with Crippen LogP contribution < -0.4 is 5.32 Å². The van der Waals surface area contributed by atoms with Crippen LogP contribution in [0, 0.1) is 0 Å². The summed E-state index contributed by atoms with van der Waals surface area (Å²) in [6, 6.07) is 2.10. The van der Waals surface area contributed by atoms with E-state index in [1.165, 1.54) is 31.5 Å². The molecule has 0 atom stereocenters. The van der Waals surface area contributed by atoms with Crippen molar-refractivity contribution in [2.75, 3.05) is 39.8 Å². The van der Waals surface area contributed by atoms with Crippen LogP contribution in [-0.4, -0.2) is 49.6 Å². The van der Waals surface area contributed by atoms with Gasteiger partial charge in [-0.15, -0.1) is 0 Å². The van der Waals surface area contributed by atoms with E-state index in [1.807, 2.05) is 6.26 Å². The van der Waals surface area contributed by atoms with Crippen molar-refractivity contribution in [3.63, 3.8) is 0 Å². The zero-order chi connectivity index (χ0) is 13.5. The fourth-order valence-corrected chi connectivity index (χ4v) is 2.52. The molecule has 0 saturated carbocycles. The summed E-state index contributed by atoms with van der Waals surface area (Å²) in [4.78, 5) is 4.91. The Morgan fingerprint density at radius 3 is 3.00 bits per heavy atom. The lowest BCUT2D eigenvalue weighted by atomic mass is 10.2. The molecule has 2 heterocycles. The Balaban J connectivity index is 1.86. The Kier molecular flexibility index (Phi) is 5.89. The smallest absolute Gasteiger partial charge is 0.122 e. The molecule has 0 aliphatic carbocycles. The Morgan fingerprint density at radius 2 is 2.16 bits per heavy atom. The largest absolute Gasteiger partial charge is 0.468 e. The maximum Gasteiger partial charge on any atom is 0.122 e. The zero-order valence-corrected chi connectivity index (χ0v) is 12.3. The highest BCUT2D eigenvalue weighted by Gasteiger charge is 2.15. The first kappa shape index (κ1) is 14.6. The SMILES string of the molecule is CCCNCc1ccoc1CN1CCCN(C)CC1. The molecule has 0 aromatic carbocycles. The molecule has 1 aliphatic rings. The number of hydrogen-bond donors (Lipinski definition) is 1. The van der Waals surface area contributed by atoms with Crippen molar-refractivity contribution in [2.24, 2.45) is 0 Å². The lowest BCUT2D eigenvalue weighted by Gasteiger charge is -2.19. The molecule has 1 aromatic heterocycles. The third-order valence-corrected chi connectivity index (χ3v) is 3.76. The molecule has 1 N–H and O–H groups in total. The third-order valence-electron chi connectivity index (χ3n) is 3.76. The van der Waals surface area contributed by atoms with Gasteiger partial charge in [-0.25, -0.2) is 0 Å². The van der Waals surface area contributed by atoms with Gasteiger partial charge in [0.1, 0.15) is 5.76 Å². The lowest BCUT2D eigenvalue weighted by molar-refractivity contribution is 0.247. The van der Waals surface area contributed by atoms with Crippen LogP contribution in [0.4, 0.5) is 0 Å². The van der Waals surface area contributed by atoms with Crippen LogP contribution in [0.2, 0.25) is 0 Å². The van der Waals surface area contributed by atoms with Crippen LogP contribution in [0.3, 0.4) is 0 Å². The molecule has 0 radical (unpaired) electrons. The molecule has 4 heteroatoms. The Hall–Kier alpha value is -0.840. The molecule has 2 rings (SSSR count). The molecule has 19 heavy (non-hydrogen) atoms. The van der Waals surface area contributed by atoms with Gasteiger partial charge >= 0.3 is 0 Å². The Labute approximate surface area is 116 Å². The van der Waals surface area contributed by atoms with Gasteiger partial charge in [0.15, 0.2) is 0 Å². The number of furan rings is 1. The summed E-state index contributed by atoms with van der Waals surface area (Å²) in [6.45, 7) is 9.81. The Bertz CT molecular complexity index is 364. The monoisotopic (exact) mass is 265 g/mol. The average molecular weight is 265 g/mol. The molecule has 1 aliphatic heterocycles. The molecule has 1 aromatic rings. The number of rotatable bonds is 6. The summed E-state index contributed by atoms with van der Waals surface area (Å²) in [5, 5.41) is 3.45. The van der Waals surface area contributed by atoms with Crippen molar-refractivity contribution < 1.29 is 4.42 Å². The molecule has 108 valence electrons. The highest BCUT2D eigenvalue weighted by Crippen LogP contribution is 2.14. The summed E-state index contributed by atoms with van der Waals surface area (Å²) in [7, 11) is 2.20. The zero-order valence-electron chi connectivity index (χ0n) is 12.3. The van der Waals surface area contributed by atoms with Gasteiger partial charge in [-0.3, -0.25) is 4.90 Å². The first-order valence-electron chi connectivity index (χ1n) is 7.46. The van der Waals surface area contributed by atoms with E-state index >= 15 is 0 Å². The summed E-state index contributed by atoms with van der Waals surface area (Å²) < 4.78 is 5.67. The summed E-state index contributed by atoms with van der Waals surface area (Å²) >= 11 is 0. The maximum absolute atomic E-state index is 5.67. The van der Waals surface area contributed by atoms with E-state index in [2.05, 4.69) is 35.2 Å². The third kappa shape index (κ3) is 4.64. The van der Waals surface area contributed by atoms with Crippen molar-refractivity contribution in [1.29, 1.82) is 0 Å². The van der Waals surface area contributed by atoms with Crippen LogP contribution in [0.15, 0.2) is 16.7 Å². The van der Waals surface area contributed by atoms with Gasteiger partial charge in [-0.2, -0.15) is 0 Å². The van der Waals surface area contributed by atoms with Crippen molar-refractivity contribution >= 4 is 0 Å². The second kappa shape index (κ2) is 7.68. The number of nitrogens with zero attached hydrogens (tertiary/aromatic N) is 2. The van der Waals surface area contributed by atoms with E-state index in [4.69, 9.17) is 4.42 Å². The normalized spacial score (nSPS) is 18.6. The minimum Gasteiger partial charge on any atom is -0.468 e. The highest BCUT2D eigenvalue weighted by molar-refractivity contribution is 5.16. The van der Waals surface area contributed by atoms with Crippen LogP contribution in [0.25, 0.3) is 0 Å². The molecule has 0 amide bonds. The average Bonchev–Trinajstić information content (AvgIpc) is 2.73. The highest BCUT2D eigenvalue weighted by atomic mass is 16.3. The fourth-order valence-electron chi connectivity index (χ4n) is 2.52. The molecule has 0 unspecified atom stereocenters. The van der Waals surface area contributed by atoms with Crippen LogP contribution in [-0.2, 0) is 13.1 Å². The Morgan fingerprint density at radius 1 is 1.26 bits per heavy atom. The minimum atomic E-state index is 0.924. The van der Waals surface area contributed by atoms with E-state index in [1.54, 1.807) is 0 Å². The predicted octanol–water partition coefficient (Wildman–Crippen LogP) is 1.92. The lowest BCUT2D eigenvalue weighted by Crippen LogP contribution is -2.29. The number of likely N-dealkylation sites (N-methyl/N-ethyl adjacent to an activating group) is 1. The van der Waals surface area contributed by atoms with Crippen molar-refractivity contribution in [2.45, 2.75) is 32.9 Å². The second-order valence-electron chi connectivity index (χ2n) is 5.48. The van der Waals surface area contributed by atoms with E-state index < -0.39 is 0 Å². The van der Waals surface area contributed by atoms with E-state index in [9.17, 15) is 0 Å². The molecule has 0 spiro atoms. The first-order chi connectivity index (χ1) is 9.29. The van der Waals surface area contributed by atoms with Gasteiger partial charge < -0.3 is 14.6 Å². The summed E-state index contributed by atoms with van der Waals surface area (Å²) in [5.41, 5.74) is 1.31. The fraction of sp³-hybridized carbons (Fsp3) is 0.733. The topological polar surface area (TPSA) is 31.7 Å². The van der Waals surface area contributed by atoms with E-state index in [-0.39, 0.29) is 0 Å². The molecule has 1 saturated heterocycles. The molecular weight excluding hydrogens is 238 g/mol. The van der Waals surface area contributed by atoms with Gasteiger partial charge in [0.25, 0.3) is 0 Å². The molecule has 1 fully saturated rings. The number of nitrogens with one attached hydrogen (secondary N) is 1. The van der Waals surface area contributed by atoms with Crippen molar-refractivity contribution in [1.82, 2.24) is 15.1 Å². The van der Waals surface area contributed by atoms with Gasteiger partial charge in [-0.05, 0) is 45.6 Å². The van der Waals surface area contributed by atoms with Crippen LogP contribution in [0.5, 0.6) is 0 Å². The number of hydrogen-bond acceptors (Lipinski definition) is 4. The van der Waals surface area contributed by atoms with Gasteiger partial charge in [0, 0.05) is 25.2 Å². The van der Waals surface area contributed by atoms with E-state index in [0.717, 1.165) is 38.5 Å². The van der Waals surface area contributed by atoms with Gasteiger partial charge in [0.2, 0.25) is 0 Å². The van der Waals surface area contributed by atoms with Gasteiger partial charge in [0.05, 0.1) is 12.8 Å². The summed E-state index contributed by atoms with van der Waals surface area (Å²) in [5.74, 6) is 1.13. The maximum atomic E-state index is 5.67. The van der Waals surface area contributed by atoms with Crippen molar-refractivity contribution in [3.8, 4) is 0 Å². The van der Waals surface area contributed by atoms with E-state index in [0.29, 0.717) is 0 Å². The standard InChI is InChI=1S/C15H27N3O/c1-3-6-16-12-14-5-11-19-15(14)13-18-8-4-7-17(2)9-10-18/h5,11,16H,3-4,6-10,12-13H2,1-2H3. The molecule has 4 nitrogen and oxygen atoms in total. The molecule has 0 bridgehead atoms. The van der Waals surface area contributed by atoms with Crippen molar-refractivity contribution in [3.05, 3.63) is 23.7 Å². The second-order valence-corrected chi connectivity index (χ2v) is 5.48. The van der Waals surface area contributed by atoms with Crippen LogP contribution >= 0.6 is 0 Å². The quantitative estimate of drug-likeness (QED) is 0.796. The summed E-state index contributed by atoms with van der Waals surface area (Å²) in [6.07, 6.45) is 4.24. The first-order valence-corrected chi connectivity index (χ1v) is 7.46. The van der Waals surface area contributed by atoms with Gasteiger partial charge in [-0.1, -0.05) is 6.92 Å². The minimum absolute atomic E-state index is 0.924. The predicted molar refractivity (Wildman–Crippen MR) is 78.1 cm³/mol. The van der Waals surface area contributed by atoms with Crippen LogP contribution in [0.1, 0.15) is 31.1 Å². The molecular formula is C15H27N3O.